The monoisotopic (exact) mass is 506 g/mol. The Hall–Kier alpha value is -4.15. The minimum absolute atomic E-state index is 0.0418. The van der Waals surface area contributed by atoms with Gasteiger partial charge in [0.1, 0.15) is 11.4 Å². The van der Waals surface area contributed by atoms with Crippen LogP contribution in [0.1, 0.15) is 38.3 Å². The second-order valence-electron chi connectivity index (χ2n) is 9.11. The third-order valence-corrected chi connectivity index (χ3v) is 4.99. The molecule has 11 nitrogen and oxygen atoms in total. The van der Waals surface area contributed by atoms with E-state index in [4.69, 9.17) is 10.00 Å². The van der Waals surface area contributed by atoms with Gasteiger partial charge >= 0.3 is 12.3 Å². The quantitative estimate of drug-likeness (QED) is 0.521. The van der Waals surface area contributed by atoms with Gasteiger partial charge in [-0.2, -0.15) is 18.4 Å². The van der Waals surface area contributed by atoms with Crippen LogP contribution < -0.4 is 16.2 Å². The summed E-state index contributed by atoms with van der Waals surface area (Å²) in [6.07, 6.45) is -2.28. The number of likely N-dealkylation sites (tertiary alicyclic amines) is 1. The number of piperidine rings is 1. The van der Waals surface area contributed by atoms with Crippen molar-refractivity contribution >= 4 is 23.8 Å². The van der Waals surface area contributed by atoms with Crippen LogP contribution in [0.5, 0.6) is 0 Å². The summed E-state index contributed by atoms with van der Waals surface area (Å²) in [5.74, 6) is -1.01. The van der Waals surface area contributed by atoms with Crippen LogP contribution in [0.2, 0.25) is 0 Å². The summed E-state index contributed by atoms with van der Waals surface area (Å²) in [5, 5.41) is 11.9. The molecule has 14 heteroatoms. The van der Waals surface area contributed by atoms with Gasteiger partial charge in [-0.15, -0.1) is 0 Å². The molecule has 1 aliphatic rings. The highest BCUT2D eigenvalue weighted by Crippen LogP contribution is 2.28. The second-order valence-corrected chi connectivity index (χ2v) is 9.11. The molecule has 192 valence electrons. The van der Waals surface area contributed by atoms with Gasteiger partial charge in [0.15, 0.2) is 0 Å². The topological polar surface area (TPSA) is 145 Å². The largest absolute Gasteiger partial charge is 0.444 e. The molecule has 0 radical (unpaired) electrons. The number of anilines is 2. The van der Waals surface area contributed by atoms with Crippen LogP contribution in [-0.4, -0.2) is 56.6 Å². The molecule has 0 unspecified atom stereocenters. The van der Waals surface area contributed by atoms with Crippen molar-refractivity contribution in [3.05, 3.63) is 41.9 Å². The Balaban J connectivity index is 1.72. The highest BCUT2D eigenvalue weighted by atomic mass is 19.4. The summed E-state index contributed by atoms with van der Waals surface area (Å²) in [4.78, 5) is 38.4. The number of hydrogen-bond acceptors (Lipinski definition) is 9. The van der Waals surface area contributed by atoms with Crippen molar-refractivity contribution in [1.29, 1.82) is 5.26 Å². The van der Waals surface area contributed by atoms with E-state index in [0.717, 1.165) is 0 Å². The van der Waals surface area contributed by atoms with E-state index in [-0.39, 0.29) is 31.3 Å². The molecular weight excluding hydrogens is 481 g/mol. The molecule has 3 N–H and O–H groups in total. The number of carbonyl (C=O) groups excluding carboxylic acids is 2. The fraction of sp³-hybridized carbons (Fsp3) is 0.455. The lowest BCUT2D eigenvalue weighted by Crippen LogP contribution is -2.54. The second kappa shape index (κ2) is 10.6. The van der Waals surface area contributed by atoms with Crippen LogP contribution >= 0.6 is 0 Å². The summed E-state index contributed by atoms with van der Waals surface area (Å²) < 4.78 is 43.8. The van der Waals surface area contributed by atoms with Crippen molar-refractivity contribution in [2.24, 2.45) is 5.92 Å². The molecule has 0 aliphatic carbocycles. The number of nitrogens with zero attached hydrogens (tertiary/aromatic N) is 5. The van der Waals surface area contributed by atoms with Crippen molar-refractivity contribution < 1.29 is 27.5 Å². The van der Waals surface area contributed by atoms with Crippen LogP contribution in [0.25, 0.3) is 0 Å². The molecule has 1 fully saturated rings. The number of amides is 2. The van der Waals surface area contributed by atoms with Crippen molar-refractivity contribution in [2.75, 3.05) is 23.8 Å². The van der Waals surface area contributed by atoms with E-state index >= 15 is 0 Å². The third-order valence-electron chi connectivity index (χ3n) is 4.99. The van der Waals surface area contributed by atoms with Gasteiger partial charge in [0.05, 0.1) is 23.1 Å². The van der Waals surface area contributed by atoms with E-state index < -0.39 is 41.3 Å². The van der Waals surface area contributed by atoms with Gasteiger partial charge in [-0.3, -0.25) is 15.6 Å². The van der Waals surface area contributed by atoms with E-state index in [1.165, 1.54) is 23.2 Å². The number of hydrogen-bond donors (Lipinski definition) is 3. The molecule has 3 rings (SSSR count). The number of carbonyl (C=O) groups is 2. The third kappa shape index (κ3) is 7.42. The number of pyridine rings is 1. The zero-order valence-electron chi connectivity index (χ0n) is 19.8. The maximum absolute atomic E-state index is 12.9. The molecule has 1 saturated heterocycles. The predicted molar refractivity (Wildman–Crippen MR) is 121 cm³/mol. The molecule has 0 bridgehead atoms. The van der Waals surface area contributed by atoms with Crippen LogP contribution in [0.4, 0.5) is 29.7 Å². The number of nitriles is 1. The fourth-order valence-electron chi connectivity index (χ4n) is 3.40. The van der Waals surface area contributed by atoms with Crippen molar-refractivity contribution in [3.8, 4) is 6.07 Å². The number of nitrogens with one attached hydrogen (secondary N) is 3. The minimum Gasteiger partial charge on any atom is -0.444 e. The van der Waals surface area contributed by atoms with Gasteiger partial charge in [-0.05, 0) is 39.3 Å². The van der Waals surface area contributed by atoms with Crippen molar-refractivity contribution in [2.45, 2.75) is 45.0 Å². The average molecular weight is 506 g/mol. The maximum Gasteiger partial charge on any atom is 0.419 e. The first-order chi connectivity index (χ1) is 16.8. The number of ether oxygens (including phenoxy) is 1. The fourth-order valence-corrected chi connectivity index (χ4v) is 3.40. The number of aromatic nitrogens is 3. The van der Waals surface area contributed by atoms with Gasteiger partial charge in [0.25, 0.3) is 0 Å². The SMILES string of the molecule is CC(C)(C)OC(=O)N1C[C@@H](Nc2ncc(C(F)(F)F)cn2)C[C@@H](C(=O)NNc2cc(C#N)ccn2)C1. The molecule has 0 saturated carbocycles. The van der Waals surface area contributed by atoms with Gasteiger partial charge in [0.2, 0.25) is 11.9 Å². The Morgan fingerprint density at radius 1 is 1.17 bits per heavy atom. The Bertz CT molecular complexity index is 1130. The van der Waals surface area contributed by atoms with Gasteiger partial charge in [-0.1, -0.05) is 0 Å². The minimum atomic E-state index is -4.57. The molecule has 0 aromatic carbocycles. The van der Waals surface area contributed by atoms with E-state index in [9.17, 15) is 22.8 Å². The lowest BCUT2D eigenvalue weighted by Gasteiger charge is -2.38. The smallest absolute Gasteiger partial charge is 0.419 e. The first-order valence-electron chi connectivity index (χ1n) is 10.9. The molecule has 0 spiro atoms. The molecule has 2 aromatic heterocycles. The van der Waals surface area contributed by atoms with Crippen LogP contribution in [-0.2, 0) is 15.7 Å². The normalized spacial score (nSPS) is 18.1. The molecule has 2 atom stereocenters. The van der Waals surface area contributed by atoms with Crippen LogP contribution in [0.3, 0.4) is 0 Å². The first-order valence-corrected chi connectivity index (χ1v) is 10.9. The number of alkyl halides is 3. The molecular formula is C22H25F3N8O3. The highest BCUT2D eigenvalue weighted by Gasteiger charge is 2.36. The summed E-state index contributed by atoms with van der Waals surface area (Å²) in [7, 11) is 0. The highest BCUT2D eigenvalue weighted by molar-refractivity contribution is 5.81. The van der Waals surface area contributed by atoms with E-state index in [0.29, 0.717) is 18.0 Å². The maximum atomic E-state index is 12.9. The number of halogens is 3. The summed E-state index contributed by atoms with van der Waals surface area (Å²) in [5.41, 5.74) is 3.72. The molecule has 2 amide bonds. The summed E-state index contributed by atoms with van der Waals surface area (Å²) >= 11 is 0. The molecule has 2 aromatic rings. The molecule has 36 heavy (non-hydrogen) atoms. The van der Waals surface area contributed by atoms with E-state index in [1.807, 2.05) is 6.07 Å². The Morgan fingerprint density at radius 2 is 1.86 bits per heavy atom. The Morgan fingerprint density at radius 3 is 2.47 bits per heavy atom. The van der Waals surface area contributed by atoms with E-state index in [2.05, 4.69) is 31.1 Å². The lowest BCUT2D eigenvalue weighted by molar-refractivity contribution is -0.138. The number of hydrazine groups is 1. The first kappa shape index (κ1) is 26.5. The van der Waals surface area contributed by atoms with Crippen molar-refractivity contribution in [3.63, 3.8) is 0 Å². The average Bonchev–Trinajstić information content (AvgIpc) is 2.81. The predicted octanol–water partition coefficient (Wildman–Crippen LogP) is 2.94. The lowest BCUT2D eigenvalue weighted by atomic mass is 9.94. The summed E-state index contributed by atoms with van der Waals surface area (Å²) in [6.45, 7) is 5.27. The van der Waals surface area contributed by atoms with Gasteiger partial charge in [-0.25, -0.2) is 19.7 Å². The van der Waals surface area contributed by atoms with Gasteiger partial charge in [0, 0.05) is 37.7 Å². The number of rotatable bonds is 5. The Kier molecular flexibility index (Phi) is 7.81. The molecule has 1 aliphatic heterocycles. The summed E-state index contributed by atoms with van der Waals surface area (Å²) in [6, 6.07) is 4.36. The van der Waals surface area contributed by atoms with Crippen LogP contribution in [0.15, 0.2) is 30.7 Å². The van der Waals surface area contributed by atoms with Gasteiger partial charge < -0.3 is 15.0 Å². The Labute approximate surface area is 205 Å². The standard InChI is InChI=1S/C22H25F3N8O3/c1-21(2,3)36-20(35)33-11-14(18(34)32-31-17-6-13(8-26)4-5-27-17)7-16(12-33)30-19-28-9-15(10-29-19)22(23,24)25/h4-6,9-10,14,16H,7,11-12H2,1-3H3,(H,27,31)(H,32,34)(H,28,29,30)/t14-,16+/m1/s1. The van der Waals surface area contributed by atoms with E-state index in [1.54, 1.807) is 20.8 Å². The zero-order chi connectivity index (χ0) is 26.5. The van der Waals surface area contributed by atoms with Crippen LogP contribution in [0, 0.1) is 17.2 Å². The zero-order valence-corrected chi connectivity index (χ0v) is 19.8. The van der Waals surface area contributed by atoms with Crippen molar-refractivity contribution in [1.82, 2.24) is 25.3 Å². The molecule has 3 heterocycles.